The largest absolute Gasteiger partial charge is 0.417 e. The molecule has 0 saturated carbocycles. The fraction of sp³-hybridized carbons (Fsp3) is 0.429. The molecule has 0 unspecified atom stereocenters. The number of carbonyl (C=O) groups excluding carboxylic acids is 1. The minimum absolute atomic E-state index is 0.159. The number of nitrogens with zero attached hydrogens (tertiary/aromatic N) is 4. The third-order valence-electron chi connectivity index (χ3n) is 3.56. The van der Waals surface area contributed by atoms with Gasteiger partial charge in [-0.2, -0.15) is 8.78 Å². The lowest BCUT2D eigenvalue weighted by Crippen LogP contribution is -2.35. The van der Waals surface area contributed by atoms with Crippen LogP contribution in [0.1, 0.15) is 23.6 Å². The minimum Gasteiger partial charge on any atom is -0.417 e. The average Bonchev–Trinajstić information content (AvgIpc) is 3.14. The number of alkyl halides is 2. The monoisotopic (exact) mass is 338 g/mol. The van der Waals surface area contributed by atoms with Gasteiger partial charge >= 0.3 is 12.6 Å². The summed E-state index contributed by atoms with van der Waals surface area (Å²) >= 11 is 0. The second-order valence-corrected chi connectivity index (χ2v) is 5.20. The molecule has 2 amide bonds. The van der Waals surface area contributed by atoms with Crippen molar-refractivity contribution in [2.24, 2.45) is 0 Å². The van der Waals surface area contributed by atoms with Crippen molar-refractivity contribution in [2.45, 2.75) is 39.1 Å². The van der Waals surface area contributed by atoms with Gasteiger partial charge in [0.25, 0.3) is 0 Å². The van der Waals surface area contributed by atoms with Crippen LogP contribution < -0.4 is 15.4 Å². The highest BCUT2D eigenvalue weighted by Crippen LogP contribution is 2.14. The van der Waals surface area contributed by atoms with Crippen LogP contribution in [0.15, 0.2) is 18.3 Å². The molecule has 0 radical (unpaired) electrons. The Hall–Kier alpha value is -2.78. The molecule has 1 aliphatic rings. The highest BCUT2D eigenvalue weighted by Gasteiger charge is 2.17. The van der Waals surface area contributed by atoms with E-state index in [1.165, 1.54) is 12.3 Å². The van der Waals surface area contributed by atoms with Gasteiger partial charge in [0.1, 0.15) is 5.82 Å². The van der Waals surface area contributed by atoms with Gasteiger partial charge in [0.05, 0.1) is 6.54 Å². The van der Waals surface area contributed by atoms with Crippen molar-refractivity contribution in [3.05, 3.63) is 35.5 Å². The lowest BCUT2D eigenvalue weighted by Gasteiger charge is -2.09. The molecule has 2 N–H and O–H groups in total. The molecule has 0 saturated heterocycles. The maximum Gasteiger partial charge on any atom is 0.388 e. The zero-order valence-electron chi connectivity index (χ0n) is 12.7. The molecule has 3 heterocycles. The summed E-state index contributed by atoms with van der Waals surface area (Å²) in [6.07, 6.45) is 3.28. The molecular formula is C14H16F2N6O2. The van der Waals surface area contributed by atoms with Crippen LogP contribution in [0.25, 0.3) is 0 Å². The number of halogens is 2. The second kappa shape index (κ2) is 7.20. The van der Waals surface area contributed by atoms with Crippen molar-refractivity contribution >= 4 is 6.03 Å². The smallest absolute Gasteiger partial charge is 0.388 e. The Morgan fingerprint density at radius 2 is 2.17 bits per heavy atom. The molecule has 0 aromatic carbocycles. The number of carbonyl (C=O) groups is 1. The predicted molar refractivity (Wildman–Crippen MR) is 78.3 cm³/mol. The maximum absolute atomic E-state index is 12.1. The van der Waals surface area contributed by atoms with E-state index >= 15 is 0 Å². The highest BCUT2D eigenvalue weighted by molar-refractivity contribution is 5.73. The van der Waals surface area contributed by atoms with E-state index in [9.17, 15) is 13.6 Å². The van der Waals surface area contributed by atoms with Gasteiger partial charge in [-0.15, -0.1) is 10.2 Å². The lowest BCUT2D eigenvalue weighted by atomic mass is 10.2. The fourth-order valence-corrected chi connectivity index (χ4v) is 2.46. The minimum atomic E-state index is -2.94. The molecule has 2 aromatic rings. The van der Waals surface area contributed by atoms with Crippen LogP contribution in [0.3, 0.4) is 0 Å². The molecule has 0 atom stereocenters. The normalized spacial score (nSPS) is 13.0. The molecular weight excluding hydrogens is 322 g/mol. The summed E-state index contributed by atoms with van der Waals surface area (Å²) in [6.45, 7) is -1.64. The Balaban J connectivity index is 1.47. The van der Waals surface area contributed by atoms with Crippen LogP contribution in [0, 0.1) is 0 Å². The summed E-state index contributed by atoms with van der Waals surface area (Å²) < 4.78 is 30.5. The molecule has 128 valence electrons. The van der Waals surface area contributed by atoms with E-state index < -0.39 is 12.6 Å². The van der Waals surface area contributed by atoms with Crippen LogP contribution in [0.5, 0.6) is 5.88 Å². The Kier molecular flexibility index (Phi) is 4.82. The number of pyridine rings is 1. The van der Waals surface area contributed by atoms with Gasteiger partial charge < -0.3 is 19.9 Å². The van der Waals surface area contributed by atoms with Gasteiger partial charge in [0.15, 0.2) is 5.82 Å². The molecule has 1 aliphatic heterocycles. The number of nitrogens with one attached hydrogen (secondary N) is 2. The van der Waals surface area contributed by atoms with Crippen molar-refractivity contribution in [3.63, 3.8) is 0 Å². The van der Waals surface area contributed by atoms with Crippen molar-refractivity contribution < 1.29 is 18.3 Å². The first-order valence-electron chi connectivity index (χ1n) is 7.44. The summed E-state index contributed by atoms with van der Waals surface area (Å²) in [6, 6.07) is 2.56. The summed E-state index contributed by atoms with van der Waals surface area (Å²) in [7, 11) is 0. The standard InChI is InChI=1S/C14H16F2N6O2/c15-13(16)24-12-6-9(3-4-17-12)7-18-14(23)19-8-11-21-20-10-2-1-5-22(10)11/h3-4,6,13H,1-2,5,7-8H2,(H2,18,19,23). The molecule has 10 heteroatoms. The topological polar surface area (TPSA) is 94.0 Å². The molecule has 0 fully saturated rings. The maximum atomic E-state index is 12.1. The van der Waals surface area contributed by atoms with Gasteiger partial charge in [-0.05, 0) is 18.1 Å². The van der Waals surface area contributed by atoms with Crippen LogP contribution in [-0.4, -0.2) is 32.4 Å². The molecule has 3 rings (SSSR count). The third kappa shape index (κ3) is 3.94. The Morgan fingerprint density at radius 1 is 1.33 bits per heavy atom. The molecule has 0 bridgehead atoms. The number of hydrogen-bond donors (Lipinski definition) is 2. The van der Waals surface area contributed by atoms with Crippen molar-refractivity contribution in [1.82, 2.24) is 30.4 Å². The van der Waals surface area contributed by atoms with E-state index in [4.69, 9.17) is 0 Å². The van der Waals surface area contributed by atoms with Crippen molar-refractivity contribution in [2.75, 3.05) is 0 Å². The number of ether oxygens (including phenoxy) is 1. The van der Waals surface area contributed by atoms with Gasteiger partial charge in [-0.3, -0.25) is 0 Å². The summed E-state index contributed by atoms with van der Waals surface area (Å²) in [5.74, 6) is 1.47. The molecule has 8 nitrogen and oxygen atoms in total. The van der Waals surface area contributed by atoms with Crippen molar-refractivity contribution in [3.8, 4) is 5.88 Å². The summed E-state index contributed by atoms with van der Waals surface area (Å²) in [5, 5.41) is 13.4. The summed E-state index contributed by atoms with van der Waals surface area (Å²) in [4.78, 5) is 15.5. The SMILES string of the molecule is O=C(NCc1ccnc(OC(F)F)c1)NCc1nnc2n1CCC2. The van der Waals surface area contributed by atoms with Crippen LogP contribution in [0.2, 0.25) is 0 Å². The average molecular weight is 338 g/mol. The first-order valence-corrected chi connectivity index (χ1v) is 7.44. The Morgan fingerprint density at radius 3 is 3.00 bits per heavy atom. The first kappa shape index (κ1) is 16.1. The van der Waals surface area contributed by atoms with E-state index in [2.05, 4.69) is 30.6 Å². The molecule has 0 aliphatic carbocycles. The zero-order valence-corrected chi connectivity index (χ0v) is 12.7. The van der Waals surface area contributed by atoms with Crippen LogP contribution in [-0.2, 0) is 26.1 Å². The third-order valence-corrected chi connectivity index (χ3v) is 3.56. The quantitative estimate of drug-likeness (QED) is 0.826. The van der Waals surface area contributed by atoms with Gasteiger partial charge in [0.2, 0.25) is 5.88 Å². The zero-order chi connectivity index (χ0) is 16.9. The van der Waals surface area contributed by atoms with E-state index in [1.807, 2.05) is 4.57 Å². The van der Waals surface area contributed by atoms with Crippen LogP contribution in [0.4, 0.5) is 13.6 Å². The van der Waals surface area contributed by atoms with E-state index in [1.54, 1.807) is 6.07 Å². The molecule has 0 spiro atoms. The number of hydrogen-bond acceptors (Lipinski definition) is 5. The first-order chi connectivity index (χ1) is 11.6. The van der Waals surface area contributed by atoms with Crippen LogP contribution >= 0.6 is 0 Å². The highest BCUT2D eigenvalue weighted by atomic mass is 19.3. The van der Waals surface area contributed by atoms with Gasteiger partial charge in [-0.1, -0.05) is 0 Å². The number of aromatic nitrogens is 4. The Bertz CT molecular complexity index is 721. The van der Waals surface area contributed by atoms with Crippen molar-refractivity contribution in [1.29, 1.82) is 0 Å². The number of aryl methyl sites for hydroxylation is 1. The van der Waals surface area contributed by atoms with Gasteiger partial charge in [0, 0.05) is 31.8 Å². The molecule has 2 aromatic heterocycles. The lowest BCUT2D eigenvalue weighted by molar-refractivity contribution is -0.0529. The van der Waals surface area contributed by atoms with E-state index in [0.29, 0.717) is 11.4 Å². The fourth-order valence-electron chi connectivity index (χ4n) is 2.46. The second-order valence-electron chi connectivity index (χ2n) is 5.20. The van der Waals surface area contributed by atoms with E-state index in [-0.39, 0.29) is 19.0 Å². The Labute approximate surface area is 136 Å². The summed E-state index contributed by atoms with van der Waals surface area (Å²) in [5.41, 5.74) is 0.596. The molecule has 24 heavy (non-hydrogen) atoms. The number of fused-ring (bicyclic) bond motifs is 1. The number of amides is 2. The van der Waals surface area contributed by atoms with E-state index in [0.717, 1.165) is 25.2 Å². The van der Waals surface area contributed by atoms with Gasteiger partial charge in [-0.25, -0.2) is 9.78 Å². The predicted octanol–water partition coefficient (Wildman–Crippen LogP) is 1.22. The number of urea groups is 1. The number of rotatable bonds is 6.